The second kappa shape index (κ2) is 9.12. The molecule has 0 aliphatic carbocycles. The average molecular weight is 626 g/mol. The molecule has 43 heavy (non-hydrogen) atoms. The van der Waals surface area contributed by atoms with Crippen LogP contribution in [0.25, 0.3) is 53.9 Å². The Morgan fingerprint density at radius 3 is 1.51 bits per heavy atom. The standard InChI is InChI=1S/C30H15F9O3S/c31-27(32,29(35,36)37)28(33,34)30(38,39)43(40,41)42-21-13-14-23-20(15-21)12-11-18-8-10-19-9-7-17-6-5-16-3-1-2-4-22(16)24(17)26(19)25(18)23/h1-15H. The molecule has 3 nitrogen and oxygen atoms in total. The van der Waals surface area contributed by atoms with E-state index in [0.717, 1.165) is 49.8 Å². The van der Waals surface area contributed by atoms with Gasteiger partial charge in [-0.05, 0) is 72.1 Å². The summed E-state index contributed by atoms with van der Waals surface area (Å²) < 4.78 is 148. The van der Waals surface area contributed by atoms with Crippen LogP contribution in [-0.2, 0) is 10.1 Å². The van der Waals surface area contributed by atoms with Gasteiger partial charge in [0.1, 0.15) is 5.75 Å². The van der Waals surface area contributed by atoms with E-state index in [9.17, 15) is 47.9 Å². The number of hydrogen-bond donors (Lipinski definition) is 0. The Kier molecular flexibility index (Phi) is 6.12. The normalized spacial score (nSPS) is 13.9. The lowest BCUT2D eigenvalue weighted by Crippen LogP contribution is -2.63. The molecule has 0 radical (unpaired) electrons. The van der Waals surface area contributed by atoms with Crippen molar-refractivity contribution in [2.75, 3.05) is 0 Å². The van der Waals surface area contributed by atoms with E-state index in [1.807, 2.05) is 60.7 Å². The molecule has 6 aromatic rings. The van der Waals surface area contributed by atoms with Crippen LogP contribution in [0.15, 0.2) is 91.0 Å². The van der Waals surface area contributed by atoms with E-state index in [-0.39, 0.29) is 5.39 Å². The molecule has 0 saturated heterocycles. The summed E-state index contributed by atoms with van der Waals surface area (Å²) in [6.45, 7) is 0. The topological polar surface area (TPSA) is 43.4 Å². The summed E-state index contributed by atoms with van der Waals surface area (Å²) >= 11 is 0. The molecule has 13 heteroatoms. The Hall–Kier alpha value is -4.26. The first-order valence-electron chi connectivity index (χ1n) is 12.3. The fraction of sp³-hybridized carbons (Fsp3) is 0.133. The predicted molar refractivity (Wildman–Crippen MR) is 144 cm³/mol. The molecule has 222 valence electrons. The van der Waals surface area contributed by atoms with Gasteiger partial charge in [0.05, 0.1) is 0 Å². The molecule has 0 spiro atoms. The van der Waals surface area contributed by atoms with Gasteiger partial charge in [0, 0.05) is 0 Å². The van der Waals surface area contributed by atoms with Gasteiger partial charge < -0.3 is 4.18 Å². The molecule has 0 heterocycles. The Morgan fingerprint density at radius 1 is 0.488 bits per heavy atom. The lowest BCUT2D eigenvalue weighted by molar-refractivity contribution is -0.382. The first-order chi connectivity index (χ1) is 20.0. The number of halogens is 9. The van der Waals surface area contributed by atoms with Gasteiger partial charge >= 0.3 is 33.4 Å². The van der Waals surface area contributed by atoms with Gasteiger partial charge in [-0.25, -0.2) is 0 Å². The number of alkyl halides is 9. The minimum absolute atomic E-state index is 0.181. The molecule has 0 fully saturated rings. The van der Waals surface area contributed by atoms with Crippen molar-refractivity contribution in [3.63, 3.8) is 0 Å². The number of fused-ring (bicyclic) bond motifs is 9. The van der Waals surface area contributed by atoms with Crippen molar-refractivity contribution < 1.29 is 52.1 Å². The van der Waals surface area contributed by atoms with Crippen molar-refractivity contribution >= 4 is 64.0 Å². The maximum Gasteiger partial charge on any atom is 0.460 e. The Balaban J connectivity index is 1.53. The zero-order chi connectivity index (χ0) is 31.2. The van der Waals surface area contributed by atoms with E-state index in [1.54, 1.807) is 6.07 Å². The third-order valence-electron chi connectivity index (χ3n) is 7.29. The van der Waals surface area contributed by atoms with E-state index < -0.39 is 39.1 Å². The highest BCUT2D eigenvalue weighted by Gasteiger charge is 2.86. The Bertz CT molecular complexity index is 2200. The third kappa shape index (κ3) is 4.08. The minimum atomic E-state index is -7.40. The summed E-state index contributed by atoms with van der Waals surface area (Å²) in [5.74, 6) is -15.8. The Morgan fingerprint density at radius 2 is 0.953 bits per heavy atom. The largest absolute Gasteiger partial charge is 0.460 e. The molecule has 6 aromatic carbocycles. The maximum atomic E-state index is 14.2. The smallest absolute Gasteiger partial charge is 0.378 e. The highest BCUT2D eigenvalue weighted by Crippen LogP contribution is 2.55. The molecule has 0 bridgehead atoms. The second-order valence-electron chi connectivity index (χ2n) is 9.86. The average Bonchev–Trinajstić information content (AvgIpc) is 2.95. The van der Waals surface area contributed by atoms with Crippen LogP contribution in [0, 0.1) is 0 Å². The molecular formula is C30H15F9O3S. The van der Waals surface area contributed by atoms with Crippen molar-refractivity contribution in [1.82, 2.24) is 0 Å². The summed E-state index contributed by atoms with van der Waals surface area (Å²) in [7, 11) is -7.08. The third-order valence-corrected chi connectivity index (χ3v) is 8.59. The summed E-state index contributed by atoms with van der Waals surface area (Å²) in [4.78, 5) is 0. The quantitative estimate of drug-likeness (QED) is 0.109. The van der Waals surface area contributed by atoms with E-state index in [0.29, 0.717) is 10.8 Å². The lowest BCUT2D eigenvalue weighted by atomic mass is 9.91. The van der Waals surface area contributed by atoms with Crippen LogP contribution >= 0.6 is 0 Å². The van der Waals surface area contributed by atoms with Crippen molar-refractivity contribution in [2.45, 2.75) is 23.3 Å². The van der Waals surface area contributed by atoms with Crippen molar-refractivity contribution in [1.29, 1.82) is 0 Å². The van der Waals surface area contributed by atoms with Crippen molar-refractivity contribution in [3.8, 4) is 5.75 Å². The van der Waals surface area contributed by atoms with Crippen LogP contribution in [0.2, 0.25) is 0 Å². The molecule has 0 unspecified atom stereocenters. The zero-order valence-corrected chi connectivity index (χ0v) is 22.0. The zero-order valence-electron chi connectivity index (χ0n) is 21.2. The van der Waals surface area contributed by atoms with Gasteiger partial charge in [0.15, 0.2) is 0 Å². The molecule has 0 aromatic heterocycles. The Labute approximate surface area is 236 Å². The number of rotatable bonds is 5. The molecule has 0 amide bonds. The van der Waals surface area contributed by atoms with Gasteiger partial charge in [-0.3, -0.25) is 0 Å². The van der Waals surface area contributed by atoms with Crippen LogP contribution in [0.4, 0.5) is 39.5 Å². The highest BCUT2D eigenvalue weighted by atomic mass is 32.2. The first-order valence-corrected chi connectivity index (χ1v) is 13.7. The second-order valence-corrected chi connectivity index (χ2v) is 11.4. The first kappa shape index (κ1) is 28.8. The highest BCUT2D eigenvalue weighted by molar-refractivity contribution is 7.88. The van der Waals surface area contributed by atoms with E-state index in [1.165, 1.54) is 12.1 Å². The van der Waals surface area contributed by atoms with Crippen molar-refractivity contribution in [2.24, 2.45) is 0 Å². The summed E-state index contributed by atoms with van der Waals surface area (Å²) in [5.41, 5.74) is 0. The van der Waals surface area contributed by atoms with E-state index in [2.05, 4.69) is 4.18 Å². The molecule has 0 aliphatic heterocycles. The maximum absolute atomic E-state index is 14.2. The molecule has 0 N–H and O–H groups in total. The minimum Gasteiger partial charge on any atom is -0.378 e. The van der Waals surface area contributed by atoms with Gasteiger partial charge in [-0.15, -0.1) is 0 Å². The van der Waals surface area contributed by atoms with Crippen LogP contribution in [0.3, 0.4) is 0 Å². The van der Waals surface area contributed by atoms with Gasteiger partial charge in [0.2, 0.25) is 0 Å². The number of benzene rings is 6. The van der Waals surface area contributed by atoms with Crippen LogP contribution < -0.4 is 4.18 Å². The van der Waals surface area contributed by atoms with Gasteiger partial charge in [0.25, 0.3) is 0 Å². The van der Waals surface area contributed by atoms with Gasteiger partial charge in [-0.1, -0.05) is 72.8 Å². The fourth-order valence-electron chi connectivity index (χ4n) is 5.19. The lowest BCUT2D eigenvalue weighted by Gasteiger charge is -2.32. The summed E-state index contributed by atoms with van der Waals surface area (Å²) in [6, 6.07) is 25.1. The predicted octanol–water partition coefficient (Wildman–Crippen LogP) is 9.59. The van der Waals surface area contributed by atoms with E-state index >= 15 is 0 Å². The van der Waals surface area contributed by atoms with Gasteiger partial charge in [-0.2, -0.15) is 47.9 Å². The molecule has 0 saturated carbocycles. The molecule has 0 atom stereocenters. The van der Waals surface area contributed by atoms with Crippen LogP contribution in [-0.4, -0.2) is 31.7 Å². The molecule has 6 rings (SSSR count). The van der Waals surface area contributed by atoms with Crippen LogP contribution in [0.1, 0.15) is 0 Å². The summed E-state index contributed by atoms with van der Waals surface area (Å²) in [6.07, 6.45) is -7.18. The van der Waals surface area contributed by atoms with Crippen molar-refractivity contribution in [3.05, 3.63) is 91.0 Å². The monoisotopic (exact) mass is 626 g/mol. The fourth-order valence-corrected chi connectivity index (χ4v) is 6.10. The summed E-state index contributed by atoms with van der Waals surface area (Å²) in [5, 5.41) is 0.413. The molecule has 0 aliphatic rings. The van der Waals surface area contributed by atoms with Crippen LogP contribution in [0.5, 0.6) is 5.75 Å². The number of hydrogen-bond acceptors (Lipinski definition) is 3. The SMILES string of the molecule is O=S(=O)(Oc1ccc2c(ccc3ccc4ccc5ccc6ccccc6c5c4c32)c1)C(F)(F)C(F)(F)C(F)(F)C(F)(F)F. The molecular weight excluding hydrogens is 611 g/mol. The van der Waals surface area contributed by atoms with E-state index in [4.69, 9.17) is 0 Å².